The van der Waals surface area contributed by atoms with E-state index in [-0.39, 0.29) is 11.8 Å². The molecule has 0 aromatic heterocycles. The van der Waals surface area contributed by atoms with Gasteiger partial charge in [0.1, 0.15) is 0 Å². The average molecular weight is 240 g/mol. The summed E-state index contributed by atoms with van der Waals surface area (Å²) in [5.74, 6) is 1.49. The second-order valence-electron chi connectivity index (χ2n) is 5.46. The normalized spacial score (nSPS) is 34.7. The molecular formula is C13H24N2O2. The first-order valence-corrected chi connectivity index (χ1v) is 6.79. The number of piperidine rings is 1. The molecule has 0 saturated carbocycles. The summed E-state index contributed by atoms with van der Waals surface area (Å²) in [7, 11) is 0. The van der Waals surface area contributed by atoms with E-state index >= 15 is 0 Å². The Labute approximate surface area is 103 Å². The van der Waals surface area contributed by atoms with Crippen LogP contribution in [0.1, 0.15) is 26.2 Å². The number of hydrogen-bond donors (Lipinski definition) is 1. The van der Waals surface area contributed by atoms with Gasteiger partial charge >= 0.3 is 0 Å². The predicted molar refractivity (Wildman–Crippen MR) is 66.4 cm³/mol. The van der Waals surface area contributed by atoms with E-state index in [0.717, 1.165) is 39.0 Å². The summed E-state index contributed by atoms with van der Waals surface area (Å²) in [6, 6.07) is 0. The van der Waals surface area contributed by atoms with Gasteiger partial charge in [0, 0.05) is 19.7 Å². The summed E-state index contributed by atoms with van der Waals surface area (Å²) in [6.07, 6.45) is 3.08. The molecule has 0 aromatic carbocycles. The van der Waals surface area contributed by atoms with E-state index in [1.807, 2.05) is 4.90 Å². The number of nitrogens with two attached hydrogens (primary N) is 1. The van der Waals surface area contributed by atoms with Gasteiger partial charge in [-0.05, 0) is 37.6 Å². The largest absolute Gasteiger partial charge is 0.381 e. The number of rotatable bonds is 2. The summed E-state index contributed by atoms with van der Waals surface area (Å²) >= 11 is 0. The summed E-state index contributed by atoms with van der Waals surface area (Å²) in [5, 5.41) is 0. The SMILES string of the molecule is CC1CCN(C(=O)C2CCCOC2)CC1CN. The van der Waals surface area contributed by atoms with Crippen molar-refractivity contribution in [3.05, 3.63) is 0 Å². The Balaban J connectivity index is 1.90. The molecule has 2 N–H and O–H groups in total. The zero-order valence-electron chi connectivity index (χ0n) is 10.7. The van der Waals surface area contributed by atoms with Crippen molar-refractivity contribution in [1.82, 2.24) is 4.90 Å². The van der Waals surface area contributed by atoms with Gasteiger partial charge in [-0.3, -0.25) is 4.79 Å². The van der Waals surface area contributed by atoms with Crippen LogP contribution in [0.5, 0.6) is 0 Å². The maximum Gasteiger partial charge on any atom is 0.228 e. The van der Waals surface area contributed by atoms with Crippen molar-refractivity contribution in [2.75, 3.05) is 32.8 Å². The Morgan fingerprint density at radius 2 is 2.29 bits per heavy atom. The molecule has 0 aromatic rings. The summed E-state index contributed by atoms with van der Waals surface area (Å²) < 4.78 is 5.40. The molecular weight excluding hydrogens is 216 g/mol. The molecule has 17 heavy (non-hydrogen) atoms. The smallest absolute Gasteiger partial charge is 0.228 e. The van der Waals surface area contributed by atoms with Crippen LogP contribution in [0.15, 0.2) is 0 Å². The molecule has 2 saturated heterocycles. The molecule has 3 unspecified atom stereocenters. The van der Waals surface area contributed by atoms with Gasteiger partial charge in [0.05, 0.1) is 12.5 Å². The average Bonchev–Trinajstić information content (AvgIpc) is 2.39. The maximum absolute atomic E-state index is 12.3. The van der Waals surface area contributed by atoms with E-state index in [0.29, 0.717) is 25.0 Å². The number of hydrogen-bond acceptors (Lipinski definition) is 3. The Hall–Kier alpha value is -0.610. The van der Waals surface area contributed by atoms with Gasteiger partial charge in [-0.25, -0.2) is 0 Å². The van der Waals surface area contributed by atoms with Crippen LogP contribution in [0.2, 0.25) is 0 Å². The molecule has 1 amide bonds. The van der Waals surface area contributed by atoms with E-state index < -0.39 is 0 Å². The van der Waals surface area contributed by atoms with E-state index in [1.165, 1.54) is 0 Å². The van der Waals surface area contributed by atoms with Gasteiger partial charge < -0.3 is 15.4 Å². The van der Waals surface area contributed by atoms with Crippen molar-refractivity contribution in [1.29, 1.82) is 0 Å². The van der Waals surface area contributed by atoms with E-state index in [1.54, 1.807) is 0 Å². The molecule has 0 aliphatic carbocycles. The first kappa shape index (κ1) is 12.8. The van der Waals surface area contributed by atoms with E-state index in [2.05, 4.69) is 6.92 Å². The lowest BCUT2D eigenvalue weighted by Crippen LogP contribution is -2.48. The topological polar surface area (TPSA) is 55.6 Å². The van der Waals surface area contributed by atoms with Crippen LogP contribution >= 0.6 is 0 Å². The molecule has 0 bridgehead atoms. The fourth-order valence-electron chi connectivity index (χ4n) is 2.85. The number of likely N-dealkylation sites (tertiary alicyclic amines) is 1. The molecule has 2 fully saturated rings. The van der Waals surface area contributed by atoms with Crippen molar-refractivity contribution >= 4 is 5.91 Å². The van der Waals surface area contributed by atoms with Crippen LogP contribution in [0.3, 0.4) is 0 Å². The highest BCUT2D eigenvalue weighted by Crippen LogP contribution is 2.25. The Morgan fingerprint density at radius 1 is 1.47 bits per heavy atom. The molecule has 2 aliphatic rings. The van der Waals surface area contributed by atoms with Crippen LogP contribution in [-0.2, 0) is 9.53 Å². The Bertz CT molecular complexity index is 264. The summed E-state index contributed by atoms with van der Waals surface area (Å²) in [6.45, 7) is 6.08. The quantitative estimate of drug-likeness (QED) is 0.778. The van der Waals surface area contributed by atoms with Crippen LogP contribution in [0, 0.1) is 17.8 Å². The second kappa shape index (κ2) is 5.83. The molecule has 98 valence electrons. The molecule has 4 heteroatoms. The maximum atomic E-state index is 12.3. The van der Waals surface area contributed by atoms with Crippen molar-refractivity contribution in [3.8, 4) is 0 Å². The van der Waals surface area contributed by atoms with Gasteiger partial charge in [0.15, 0.2) is 0 Å². The Morgan fingerprint density at radius 3 is 2.94 bits per heavy atom. The fourth-order valence-corrected chi connectivity index (χ4v) is 2.85. The fraction of sp³-hybridized carbons (Fsp3) is 0.923. The molecule has 2 rings (SSSR count). The summed E-state index contributed by atoms with van der Waals surface area (Å²) in [5.41, 5.74) is 5.77. The lowest BCUT2D eigenvalue weighted by atomic mass is 9.86. The third-order valence-electron chi connectivity index (χ3n) is 4.24. The zero-order valence-corrected chi connectivity index (χ0v) is 10.7. The lowest BCUT2D eigenvalue weighted by Gasteiger charge is -2.38. The lowest BCUT2D eigenvalue weighted by molar-refractivity contribution is -0.142. The van der Waals surface area contributed by atoms with E-state index in [9.17, 15) is 4.79 Å². The van der Waals surface area contributed by atoms with Gasteiger partial charge in [0.25, 0.3) is 0 Å². The van der Waals surface area contributed by atoms with Gasteiger partial charge in [-0.1, -0.05) is 6.92 Å². The molecule has 2 heterocycles. The third-order valence-corrected chi connectivity index (χ3v) is 4.24. The number of nitrogens with zero attached hydrogens (tertiary/aromatic N) is 1. The van der Waals surface area contributed by atoms with Crippen molar-refractivity contribution in [3.63, 3.8) is 0 Å². The minimum absolute atomic E-state index is 0.0931. The van der Waals surface area contributed by atoms with Crippen molar-refractivity contribution < 1.29 is 9.53 Å². The highest BCUT2D eigenvalue weighted by atomic mass is 16.5. The number of carbonyl (C=O) groups excluding carboxylic acids is 1. The molecule has 4 nitrogen and oxygen atoms in total. The highest BCUT2D eigenvalue weighted by molar-refractivity contribution is 5.79. The first-order valence-electron chi connectivity index (χ1n) is 6.79. The van der Waals surface area contributed by atoms with Crippen LogP contribution in [-0.4, -0.2) is 43.7 Å². The van der Waals surface area contributed by atoms with Crippen LogP contribution in [0.4, 0.5) is 0 Å². The number of amides is 1. The minimum Gasteiger partial charge on any atom is -0.381 e. The molecule has 2 aliphatic heterocycles. The third kappa shape index (κ3) is 2.99. The van der Waals surface area contributed by atoms with Gasteiger partial charge in [-0.2, -0.15) is 0 Å². The number of ether oxygens (including phenoxy) is 1. The van der Waals surface area contributed by atoms with Crippen molar-refractivity contribution in [2.24, 2.45) is 23.5 Å². The number of carbonyl (C=O) groups is 1. The molecule has 3 atom stereocenters. The standard InChI is InChI=1S/C13H24N2O2/c1-10-4-5-15(8-12(10)7-14)13(16)11-3-2-6-17-9-11/h10-12H,2-9,14H2,1H3. The van der Waals surface area contributed by atoms with Crippen LogP contribution < -0.4 is 5.73 Å². The minimum atomic E-state index is 0.0931. The monoisotopic (exact) mass is 240 g/mol. The van der Waals surface area contributed by atoms with Gasteiger partial charge in [0.2, 0.25) is 5.91 Å². The van der Waals surface area contributed by atoms with Crippen LogP contribution in [0.25, 0.3) is 0 Å². The Kier molecular flexibility index (Phi) is 4.40. The highest BCUT2D eigenvalue weighted by Gasteiger charge is 2.32. The first-order chi connectivity index (χ1) is 8.22. The molecule has 0 spiro atoms. The van der Waals surface area contributed by atoms with Crippen molar-refractivity contribution in [2.45, 2.75) is 26.2 Å². The van der Waals surface area contributed by atoms with Gasteiger partial charge in [-0.15, -0.1) is 0 Å². The predicted octanol–water partition coefficient (Wildman–Crippen LogP) is 0.856. The zero-order chi connectivity index (χ0) is 12.3. The van der Waals surface area contributed by atoms with E-state index in [4.69, 9.17) is 10.5 Å². The summed E-state index contributed by atoms with van der Waals surface area (Å²) in [4.78, 5) is 14.3. The molecule has 0 radical (unpaired) electrons. The second-order valence-corrected chi connectivity index (χ2v) is 5.46.